The lowest BCUT2D eigenvalue weighted by Gasteiger charge is -2.23. The Balaban J connectivity index is 1.87. The zero-order valence-electron chi connectivity index (χ0n) is 11.7. The molecule has 0 spiro atoms. The summed E-state index contributed by atoms with van der Waals surface area (Å²) in [5.41, 5.74) is 0.669. The van der Waals surface area contributed by atoms with E-state index < -0.39 is 10.0 Å². The quantitative estimate of drug-likeness (QED) is 0.918. The molecule has 2 aliphatic rings. The van der Waals surface area contributed by atoms with Gasteiger partial charge in [-0.1, -0.05) is 12.1 Å². The molecule has 0 radical (unpaired) electrons. The van der Waals surface area contributed by atoms with Crippen LogP contribution in [0.15, 0.2) is 29.2 Å². The predicted octanol–water partition coefficient (Wildman–Crippen LogP) is 1.67. The summed E-state index contributed by atoms with van der Waals surface area (Å²) in [6, 6.07) is 7.28. The number of fused-ring (bicyclic) bond motifs is 2. The van der Waals surface area contributed by atoms with Crippen LogP contribution in [0.4, 0.5) is 5.69 Å². The summed E-state index contributed by atoms with van der Waals surface area (Å²) in [6.07, 6.45) is 3.71. The van der Waals surface area contributed by atoms with Crippen molar-refractivity contribution in [2.45, 2.75) is 42.4 Å². The third kappa shape index (κ3) is 2.32. The summed E-state index contributed by atoms with van der Waals surface area (Å²) in [4.78, 5) is 0.327. The Kier molecular flexibility index (Phi) is 3.48. The van der Waals surface area contributed by atoms with Crippen LogP contribution in [-0.2, 0) is 14.8 Å². The highest BCUT2D eigenvalue weighted by Gasteiger charge is 2.41. The van der Waals surface area contributed by atoms with Gasteiger partial charge >= 0.3 is 0 Å². The topological polar surface area (TPSA) is 58.6 Å². The van der Waals surface area contributed by atoms with Gasteiger partial charge in [-0.3, -0.25) is 0 Å². The zero-order valence-corrected chi connectivity index (χ0v) is 12.6. The number of nitrogens with one attached hydrogen (secondary N) is 1. The minimum Gasteiger partial charge on any atom is -0.379 e. The first-order valence-corrected chi connectivity index (χ1v) is 8.36. The molecule has 3 unspecified atom stereocenters. The third-order valence-electron chi connectivity index (χ3n) is 4.09. The van der Waals surface area contributed by atoms with Gasteiger partial charge in [0.15, 0.2) is 0 Å². The first kappa shape index (κ1) is 13.9. The van der Waals surface area contributed by atoms with Crippen LogP contribution in [0.5, 0.6) is 0 Å². The highest BCUT2D eigenvalue weighted by Crippen LogP contribution is 2.37. The Hall–Kier alpha value is -1.11. The number of hydrogen-bond acceptors (Lipinski definition) is 4. The normalized spacial score (nSPS) is 29.1. The monoisotopic (exact) mass is 296 g/mol. The van der Waals surface area contributed by atoms with Crippen molar-refractivity contribution in [1.82, 2.24) is 4.31 Å². The van der Waals surface area contributed by atoms with E-state index in [1.54, 1.807) is 26.2 Å². The first-order valence-electron chi connectivity index (χ1n) is 6.92. The van der Waals surface area contributed by atoms with Crippen molar-refractivity contribution in [1.29, 1.82) is 0 Å². The molecule has 20 heavy (non-hydrogen) atoms. The number of rotatable bonds is 4. The van der Waals surface area contributed by atoms with Gasteiger partial charge in [0.05, 0.1) is 23.9 Å². The second kappa shape index (κ2) is 5.02. The molecule has 1 aromatic carbocycles. The predicted molar refractivity (Wildman–Crippen MR) is 77.2 cm³/mol. The molecule has 5 nitrogen and oxygen atoms in total. The van der Waals surface area contributed by atoms with Gasteiger partial charge in [-0.25, -0.2) is 12.7 Å². The van der Waals surface area contributed by atoms with Gasteiger partial charge in [0.2, 0.25) is 10.0 Å². The molecule has 0 aliphatic carbocycles. The second-order valence-electron chi connectivity index (χ2n) is 5.64. The van der Waals surface area contributed by atoms with Crippen LogP contribution in [-0.4, -0.2) is 45.1 Å². The van der Waals surface area contributed by atoms with E-state index in [0.717, 1.165) is 19.3 Å². The molecule has 2 heterocycles. The minimum atomic E-state index is -3.43. The summed E-state index contributed by atoms with van der Waals surface area (Å²) in [5, 5.41) is 3.37. The number of sulfonamides is 1. The molecule has 6 heteroatoms. The lowest BCUT2D eigenvalue weighted by Crippen LogP contribution is -2.32. The summed E-state index contributed by atoms with van der Waals surface area (Å²) < 4.78 is 31.7. The molecular formula is C14H20N2O3S. The fraction of sp³-hybridized carbons (Fsp3) is 0.571. The molecular weight excluding hydrogens is 276 g/mol. The van der Waals surface area contributed by atoms with E-state index in [9.17, 15) is 8.42 Å². The SMILES string of the molecule is CN(C)S(=O)(=O)c1ccccc1NC1CC2CCC1O2. The Morgan fingerprint density at radius 3 is 2.60 bits per heavy atom. The number of nitrogens with zero attached hydrogens (tertiary/aromatic N) is 1. The maximum atomic E-state index is 12.3. The van der Waals surface area contributed by atoms with E-state index in [-0.39, 0.29) is 12.1 Å². The largest absolute Gasteiger partial charge is 0.379 e. The molecule has 3 atom stereocenters. The molecule has 0 aromatic heterocycles. The van der Waals surface area contributed by atoms with Gasteiger partial charge in [-0.05, 0) is 31.4 Å². The Labute approximate surface area is 120 Å². The van der Waals surface area contributed by atoms with Crippen molar-refractivity contribution in [3.8, 4) is 0 Å². The van der Waals surface area contributed by atoms with Gasteiger partial charge in [0.1, 0.15) is 4.90 Å². The van der Waals surface area contributed by atoms with Crippen LogP contribution in [0.2, 0.25) is 0 Å². The molecule has 0 amide bonds. The lowest BCUT2D eigenvalue weighted by molar-refractivity contribution is 0.102. The highest BCUT2D eigenvalue weighted by molar-refractivity contribution is 7.89. The van der Waals surface area contributed by atoms with Crippen molar-refractivity contribution in [2.75, 3.05) is 19.4 Å². The van der Waals surface area contributed by atoms with Crippen LogP contribution in [0.1, 0.15) is 19.3 Å². The highest BCUT2D eigenvalue weighted by atomic mass is 32.2. The molecule has 3 rings (SSSR count). The fourth-order valence-electron chi connectivity index (χ4n) is 3.00. The summed E-state index contributed by atoms with van der Waals surface area (Å²) in [5.74, 6) is 0. The minimum absolute atomic E-state index is 0.215. The van der Waals surface area contributed by atoms with Crippen molar-refractivity contribution < 1.29 is 13.2 Å². The molecule has 1 aromatic rings. The first-order chi connectivity index (χ1) is 9.48. The molecule has 2 saturated heterocycles. The van der Waals surface area contributed by atoms with Gasteiger partial charge in [0, 0.05) is 14.1 Å². The van der Waals surface area contributed by atoms with Crippen LogP contribution in [0.25, 0.3) is 0 Å². The Morgan fingerprint density at radius 2 is 2.00 bits per heavy atom. The van der Waals surface area contributed by atoms with E-state index in [1.807, 2.05) is 12.1 Å². The molecule has 2 aliphatic heterocycles. The van der Waals surface area contributed by atoms with Gasteiger partial charge in [-0.2, -0.15) is 0 Å². The molecule has 110 valence electrons. The number of para-hydroxylation sites is 1. The van der Waals surface area contributed by atoms with Gasteiger partial charge < -0.3 is 10.1 Å². The molecule has 0 saturated carbocycles. The smallest absolute Gasteiger partial charge is 0.244 e. The summed E-state index contributed by atoms with van der Waals surface area (Å²) in [7, 11) is -0.335. The van der Waals surface area contributed by atoms with E-state index in [4.69, 9.17) is 4.74 Å². The molecule has 2 fully saturated rings. The Bertz CT molecular complexity index is 600. The third-order valence-corrected chi connectivity index (χ3v) is 5.97. The number of anilines is 1. The van der Waals surface area contributed by atoms with Crippen molar-refractivity contribution in [2.24, 2.45) is 0 Å². The van der Waals surface area contributed by atoms with Crippen LogP contribution in [0.3, 0.4) is 0 Å². The average molecular weight is 296 g/mol. The standard InChI is InChI=1S/C14H20N2O3S/c1-16(2)20(17,18)14-6-4-3-5-11(14)15-12-9-10-7-8-13(12)19-10/h3-6,10,12-13,15H,7-9H2,1-2H3. The maximum Gasteiger partial charge on any atom is 0.244 e. The van der Waals surface area contributed by atoms with Crippen LogP contribution in [0, 0.1) is 0 Å². The number of hydrogen-bond donors (Lipinski definition) is 1. The van der Waals surface area contributed by atoms with E-state index >= 15 is 0 Å². The van der Waals surface area contributed by atoms with Crippen molar-refractivity contribution in [3.63, 3.8) is 0 Å². The zero-order chi connectivity index (χ0) is 14.3. The fourth-order valence-corrected chi connectivity index (χ4v) is 4.05. The summed E-state index contributed by atoms with van der Waals surface area (Å²) >= 11 is 0. The lowest BCUT2D eigenvalue weighted by atomic mass is 9.95. The number of benzene rings is 1. The maximum absolute atomic E-state index is 12.3. The van der Waals surface area contributed by atoms with Crippen LogP contribution < -0.4 is 5.32 Å². The summed E-state index contributed by atoms with van der Waals surface area (Å²) in [6.45, 7) is 0. The number of ether oxygens (including phenoxy) is 1. The molecule has 1 N–H and O–H groups in total. The van der Waals surface area contributed by atoms with E-state index in [0.29, 0.717) is 16.7 Å². The van der Waals surface area contributed by atoms with Crippen molar-refractivity contribution in [3.05, 3.63) is 24.3 Å². The van der Waals surface area contributed by atoms with E-state index in [1.165, 1.54) is 4.31 Å². The second-order valence-corrected chi connectivity index (χ2v) is 7.76. The van der Waals surface area contributed by atoms with Gasteiger partial charge in [-0.15, -0.1) is 0 Å². The molecule has 2 bridgehead atoms. The Morgan fingerprint density at radius 1 is 1.25 bits per heavy atom. The van der Waals surface area contributed by atoms with E-state index in [2.05, 4.69) is 5.32 Å². The van der Waals surface area contributed by atoms with Gasteiger partial charge in [0.25, 0.3) is 0 Å². The average Bonchev–Trinajstić information content (AvgIpc) is 3.01. The van der Waals surface area contributed by atoms with Crippen LogP contribution >= 0.6 is 0 Å². The van der Waals surface area contributed by atoms with Crippen molar-refractivity contribution >= 4 is 15.7 Å².